The molecule has 1 atom stereocenters. The number of para-hydroxylation sites is 1. The van der Waals surface area contributed by atoms with Crippen molar-refractivity contribution in [3.63, 3.8) is 0 Å². The van der Waals surface area contributed by atoms with Crippen LogP contribution in [0.25, 0.3) is 0 Å². The van der Waals surface area contributed by atoms with Gasteiger partial charge in [-0.25, -0.2) is 0 Å². The van der Waals surface area contributed by atoms with Crippen LogP contribution in [-0.4, -0.2) is 17.1 Å². The average Bonchev–Trinajstić information content (AvgIpc) is 2.26. The van der Waals surface area contributed by atoms with Crippen molar-refractivity contribution in [2.24, 2.45) is 0 Å². The van der Waals surface area contributed by atoms with E-state index in [-0.39, 0.29) is 12.1 Å². The highest BCUT2D eigenvalue weighted by Gasteiger charge is 2.33. The molecule has 0 aliphatic rings. The van der Waals surface area contributed by atoms with Crippen LogP contribution in [0.1, 0.15) is 25.3 Å². The Bertz CT molecular complexity index is 418. The molecule has 0 aromatic heterocycles. The summed E-state index contributed by atoms with van der Waals surface area (Å²) in [5.74, 6) is -1.04. The molecule has 3 nitrogen and oxygen atoms in total. The van der Waals surface area contributed by atoms with Crippen LogP contribution in [0.5, 0.6) is 0 Å². The molecule has 0 bridgehead atoms. The summed E-state index contributed by atoms with van der Waals surface area (Å²) in [4.78, 5) is 10.6. The van der Waals surface area contributed by atoms with Crippen LogP contribution in [0.4, 0.5) is 18.9 Å². The number of nitrogens with one attached hydrogen (secondary N) is 1. The number of carboxylic acid groups (broad SMARTS) is 1. The van der Waals surface area contributed by atoms with E-state index in [9.17, 15) is 18.0 Å². The number of anilines is 1. The molecule has 1 unspecified atom stereocenters. The lowest BCUT2D eigenvalue weighted by Gasteiger charge is -2.20. The zero-order valence-electron chi connectivity index (χ0n) is 9.79. The number of halogens is 3. The van der Waals surface area contributed by atoms with E-state index in [1.165, 1.54) is 18.2 Å². The maximum atomic E-state index is 12.7. The Morgan fingerprint density at radius 1 is 1.39 bits per heavy atom. The molecule has 0 saturated carbocycles. The minimum absolute atomic E-state index is 0.0851. The molecule has 0 heterocycles. The van der Waals surface area contributed by atoms with Gasteiger partial charge in [-0.05, 0) is 18.6 Å². The topological polar surface area (TPSA) is 49.3 Å². The monoisotopic (exact) mass is 261 g/mol. The standard InChI is InChI=1S/C12H14F3NO2/c1-2-8(7-11(17)18)16-10-6-4-3-5-9(10)12(13,14)15/h3-6,8,16H,2,7H2,1H3,(H,17,18). The first kappa shape index (κ1) is 14.3. The normalized spacial score (nSPS) is 13.1. The summed E-state index contributed by atoms with van der Waals surface area (Å²) in [6, 6.07) is 4.52. The van der Waals surface area contributed by atoms with Crippen molar-refractivity contribution in [2.75, 3.05) is 5.32 Å². The van der Waals surface area contributed by atoms with Gasteiger partial charge in [0.25, 0.3) is 0 Å². The second kappa shape index (κ2) is 5.75. The van der Waals surface area contributed by atoms with E-state index < -0.39 is 23.8 Å². The Balaban J connectivity index is 2.92. The summed E-state index contributed by atoms with van der Waals surface area (Å²) in [6.07, 6.45) is -4.24. The van der Waals surface area contributed by atoms with Gasteiger partial charge in [0, 0.05) is 11.7 Å². The molecule has 0 radical (unpaired) electrons. The van der Waals surface area contributed by atoms with E-state index in [2.05, 4.69) is 5.32 Å². The number of carboxylic acids is 1. The summed E-state index contributed by atoms with van der Waals surface area (Å²) in [5, 5.41) is 11.3. The Kier molecular flexibility index (Phi) is 4.58. The lowest BCUT2D eigenvalue weighted by Crippen LogP contribution is -2.24. The molecule has 1 rings (SSSR count). The molecule has 2 N–H and O–H groups in total. The molecule has 0 fully saturated rings. The van der Waals surface area contributed by atoms with Crippen molar-refractivity contribution in [1.29, 1.82) is 0 Å². The molecule has 6 heteroatoms. The highest BCUT2D eigenvalue weighted by Crippen LogP contribution is 2.35. The van der Waals surface area contributed by atoms with E-state index >= 15 is 0 Å². The van der Waals surface area contributed by atoms with E-state index in [0.717, 1.165) is 6.07 Å². The SMILES string of the molecule is CCC(CC(=O)O)Nc1ccccc1C(F)(F)F. The van der Waals surface area contributed by atoms with Crippen LogP contribution < -0.4 is 5.32 Å². The van der Waals surface area contributed by atoms with Crippen molar-refractivity contribution in [1.82, 2.24) is 0 Å². The molecule has 18 heavy (non-hydrogen) atoms. The van der Waals surface area contributed by atoms with Crippen LogP contribution >= 0.6 is 0 Å². The maximum Gasteiger partial charge on any atom is 0.418 e. The van der Waals surface area contributed by atoms with Crippen LogP contribution in [0.15, 0.2) is 24.3 Å². The number of alkyl halides is 3. The minimum atomic E-state index is -4.45. The quantitative estimate of drug-likeness (QED) is 0.854. The van der Waals surface area contributed by atoms with E-state index in [0.29, 0.717) is 6.42 Å². The predicted octanol–water partition coefficient (Wildman–Crippen LogP) is 3.37. The molecular formula is C12H14F3NO2. The van der Waals surface area contributed by atoms with Gasteiger partial charge in [0.15, 0.2) is 0 Å². The molecule has 0 aliphatic carbocycles. The van der Waals surface area contributed by atoms with Crippen LogP contribution in [0, 0.1) is 0 Å². The summed E-state index contributed by atoms with van der Waals surface area (Å²) >= 11 is 0. The van der Waals surface area contributed by atoms with Gasteiger partial charge < -0.3 is 10.4 Å². The number of benzene rings is 1. The van der Waals surface area contributed by atoms with Crippen molar-refractivity contribution < 1.29 is 23.1 Å². The molecule has 1 aromatic rings. The summed E-state index contributed by atoms with van der Waals surface area (Å²) in [7, 11) is 0. The summed E-state index contributed by atoms with van der Waals surface area (Å²) in [5.41, 5.74) is -0.869. The first-order valence-electron chi connectivity index (χ1n) is 5.49. The largest absolute Gasteiger partial charge is 0.481 e. The second-order valence-electron chi connectivity index (χ2n) is 3.89. The molecule has 0 saturated heterocycles. The van der Waals surface area contributed by atoms with E-state index in [1.54, 1.807) is 6.92 Å². The Hall–Kier alpha value is -1.72. The highest BCUT2D eigenvalue weighted by atomic mass is 19.4. The fraction of sp³-hybridized carbons (Fsp3) is 0.417. The molecule has 1 aromatic carbocycles. The number of carbonyl (C=O) groups is 1. The fourth-order valence-electron chi connectivity index (χ4n) is 1.58. The van der Waals surface area contributed by atoms with Gasteiger partial charge in [0.05, 0.1) is 12.0 Å². The number of rotatable bonds is 5. The molecular weight excluding hydrogens is 247 g/mol. The van der Waals surface area contributed by atoms with Gasteiger partial charge in [-0.15, -0.1) is 0 Å². The molecule has 0 amide bonds. The highest BCUT2D eigenvalue weighted by molar-refractivity contribution is 5.68. The zero-order valence-corrected chi connectivity index (χ0v) is 9.79. The number of aliphatic carboxylic acids is 1. The van der Waals surface area contributed by atoms with Gasteiger partial charge in [-0.1, -0.05) is 19.1 Å². The lowest BCUT2D eigenvalue weighted by atomic mass is 10.1. The first-order valence-corrected chi connectivity index (χ1v) is 5.49. The van der Waals surface area contributed by atoms with Gasteiger partial charge >= 0.3 is 12.1 Å². The average molecular weight is 261 g/mol. The van der Waals surface area contributed by atoms with Crippen molar-refractivity contribution >= 4 is 11.7 Å². The van der Waals surface area contributed by atoms with Crippen LogP contribution in [0.2, 0.25) is 0 Å². The Morgan fingerprint density at radius 2 is 2.00 bits per heavy atom. The van der Waals surface area contributed by atoms with Gasteiger partial charge in [0.1, 0.15) is 0 Å². The third kappa shape index (κ3) is 3.94. The number of hydrogen-bond donors (Lipinski definition) is 2. The Morgan fingerprint density at radius 3 is 2.50 bits per heavy atom. The predicted molar refractivity (Wildman–Crippen MR) is 61.4 cm³/mol. The van der Waals surface area contributed by atoms with Gasteiger partial charge in [0.2, 0.25) is 0 Å². The second-order valence-corrected chi connectivity index (χ2v) is 3.89. The van der Waals surface area contributed by atoms with Crippen molar-refractivity contribution in [3.05, 3.63) is 29.8 Å². The van der Waals surface area contributed by atoms with Crippen molar-refractivity contribution in [3.8, 4) is 0 Å². The third-order valence-corrected chi connectivity index (χ3v) is 2.51. The Labute approximate surface area is 103 Å². The molecule has 0 aliphatic heterocycles. The van der Waals surface area contributed by atoms with Crippen molar-refractivity contribution in [2.45, 2.75) is 32.0 Å². The molecule has 100 valence electrons. The van der Waals surface area contributed by atoms with E-state index in [4.69, 9.17) is 5.11 Å². The fourth-order valence-corrected chi connectivity index (χ4v) is 1.58. The molecule has 0 spiro atoms. The maximum absolute atomic E-state index is 12.7. The minimum Gasteiger partial charge on any atom is -0.481 e. The van der Waals surface area contributed by atoms with Crippen LogP contribution in [-0.2, 0) is 11.0 Å². The smallest absolute Gasteiger partial charge is 0.418 e. The summed E-state index contributed by atoms with van der Waals surface area (Å²) < 4.78 is 38.1. The third-order valence-electron chi connectivity index (χ3n) is 2.51. The first-order chi connectivity index (χ1) is 8.34. The van der Waals surface area contributed by atoms with E-state index in [1.807, 2.05) is 0 Å². The summed E-state index contributed by atoms with van der Waals surface area (Å²) in [6.45, 7) is 1.72. The van der Waals surface area contributed by atoms with Gasteiger partial charge in [-0.2, -0.15) is 13.2 Å². The lowest BCUT2D eigenvalue weighted by molar-refractivity contribution is -0.137. The van der Waals surface area contributed by atoms with Gasteiger partial charge in [-0.3, -0.25) is 4.79 Å². The van der Waals surface area contributed by atoms with Crippen LogP contribution in [0.3, 0.4) is 0 Å². The zero-order chi connectivity index (χ0) is 13.8. The number of hydrogen-bond acceptors (Lipinski definition) is 2.